The van der Waals surface area contributed by atoms with Crippen LogP contribution < -0.4 is 10.5 Å². The molecule has 1 unspecified atom stereocenters. The molecule has 0 aliphatic heterocycles. The topological polar surface area (TPSA) is 35.2 Å². The van der Waals surface area contributed by atoms with E-state index in [2.05, 4.69) is 59.7 Å². The molecule has 0 spiro atoms. The van der Waals surface area contributed by atoms with E-state index in [1.165, 1.54) is 36.8 Å². The number of methoxy groups -OCH3 is 1. The van der Waals surface area contributed by atoms with E-state index in [-0.39, 0.29) is 5.41 Å². The molecule has 1 aliphatic rings. The second-order valence-electron chi connectivity index (χ2n) is 10.0. The molecule has 1 atom stereocenters. The van der Waals surface area contributed by atoms with Crippen LogP contribution in [0.5, 0.6) is 5.75 Å². The van der Waals surface area contributed by atoms with E-state index in [0.29, 0.717) is 23.8 Å². The highest BCUT2D eigenvalue weighted by Gasteiger charge is 2.34. The molecule has 1 saturated carbocycles. The van der Waals surface area contributed by atoms with Crippen LogP contribution in [-0.2, 0) is 5.41 Å². The molecule has 0 heterocycles. The maximum absolute atomic E-state index is 6.28. The van der Waals surface area contributed by atoms with Gasteiger partial charge in [-0.15, -0.1) is 0 Å². The number of hydrogen-bond acceptors (Lipinski definition) is 2. The van der Waals surface area contributed by atoms with Crippen molar-refractivity contribution in [2.45, 2.75) is 78.6 Å². The van der Waals surface area contributed by atoms with E-state index in [0.717, 1.165) is 11.7 Å². The molecule has 1 aliphatic carbocycles. The average Bonchev–Trinajstić information content (AvgIpc) is 2.54. The summed E-state index contributed by atoms with van der Waals surface area (Å²) >= 11 is 0. The summed E-state index contributed by atoms with van der Waals surface area (Å²) in [5, 5.41) is 0. The maximum Gasteiger partial charge on any atom is 0.122 e. The van der Waals surface area contributed by atoms with Crippen molar-refractivity contribution in [3.8, 4) is 5.75 Å². The lowest BCUT2D eigenvalue weighted by molar-refractivity contribution is 0.139. The molecule has 1 fully saturated rings. The Morgan fingerprint density at radius 1 is 1.04 bits per heavy atom. The second kappa shape index (κ2) is 7.70. The van der Waals surface area contributed by atoms with Crippen LogP contribution in [0.3, 0.4) is 0 Å². The van der Waals surface area contributed by atoms with Crippen molar-refractivity contribution in [3.05, 3.63) is 29.3 Å². The molecule has 0 aromatic heterocycles. The van der Waals surface area contributed by atoms with Crippen molar-refractivity contribution in [1.29, 1.82) is 0 Å². The molecule has 2 heteroatoms. The molecule has 2 rings (SSSR count). The van der Waals surface area contributed by atoms with Gasteiger partial charge in [-0.05, 0) is 72.1 Å². The summed E-state index contributed by atoms with van der Waals surface area (Å²) in [6, 6.07) is 6.69. The molecule has 1 aromatic carbocycles. The molecule has 25 heavy (non-hydrogen) atoms. The molecule has 0 amide bonds. The first kappa shape index (κ1) is 20.3. The quantitative estimate of drug-likeness (QED) is 0.738. The summed E-state index contributed by atoms with van der Waals surface area (Å²) in [6.07, 6.45) is 5.22. The minimum Gasteiger partial charge on any atom is -0.496 e. The molecule has 142 valence electrons. The zero-order chi connectivity index (χ0) is 18.8. The number of rotatable bonds is 4. The van der Waals surface area contributed by atoms with Gasteiger partial charge in [0.15, 0.2) is 0 Å². The zero-order valence-electron chi connectivity index (χ0n) is 17.5. The van der Waals surface area contributed by atoms with Crippen LogP contribution in [0.1, 0.15) is 84.3 Å². The van der Waals surface area contributed by atoms with Crippen LogP contribution in [0.25, 0.3) is 0 Å². The average molecular weight is 346 g/mol. The van der Waals surface area contributed by atoms with Gasteiger partial charge in [-0.3, -0.25) is 0 Å². The summed E-state index contributed by atoms with van der Waals surface area (Å²) in [6.45, 7) is 14.7. The van der Waals surface area contributed by atoms with E-state index >= 15 is 0 Å². The van der Waals surface area contributed by atoms with E-state index < -0.39 is 0 Å². The van der Waals surface area contributed by atoms with Gasteiger partial charge in [0.05, 0.1) is 7.11 Å². The lowest BCUT2D eigenvalue weighted by atomic mass is 9.66. The fourth-order valence-electron chi connectivity index (χ4n) is 4.45. The van der Waals surface area contributed by atoms with Crippen LogP contribution in [0.4, 0.5) is 0 Å². The molecular weight excluding hydrogens is 306 g/mol. The first-order valence-corrected chi connectivity index (χ1v) is 9.96. The molecule has 0 radical (unpaired) electrons. The predicted octanol–water partition coefficient (Wildman–Crippen LogP) is 5.89. The normalized spacial score (nSPS) is 23.4. The maximum atomic E-state index is 6.28. The molecule has 1 aromatic rings. The highest BCUT2D eigenvalue weighted by Crippen LogP contribution is 2.45. The summed E-state index contributed by atoms with van der Waals surface area (Å²) in [7, 11) is 1.78. The SMILES string of the molecule is COc1ccc(C(C)(C)C)cc1C(CN)C1CCC(C(C)(C)C)CC1. The van der Waals surface area contributed by atoms with Gasteiger partial charge in [-0.25, -0.2) is 0 Å². The molecular formula is C23H39NO. The van der Waals surface area contributed by atoms with Gasteiger partial charge in [0.1, 0.15) is 5.75 Å². The van der Waals surface area contributed by atoms with Crippen molar-refractivity contribution in [1.82, 2.24) is 0 Å². The third kappa shape index (κ3) is 4.78. The van der Waals surface area contributed by atoms with Gasteiger partial charge in [0.2, 0.25) is 0 Å². The molecule has 0 bridgehead atoms. The fourth-order valence-corrected chi connectivity index (χ4v) is 4.45. The number of benzene rings is 1. The van der Waals surface area contributed by atoms with Gasteiger partial charge >= 0.3 is 0 Å². The second-order valence-corrected chi connectivity index (χ2v) is 10.0. The molecule has 2 nitrogen and oxygen atoms in total. The number of nitrogens with two attached hydrogens (primary N) is 1. The summed E-state index contributed by atoms with van der Waals surface area (Å²) in [4.78, 5) is 0. The van der Waals surface area contributed by atoms with Gasteiger partial charge in [-0.1, -0.05) is 53.7 Å². The minimum absolute atomic E-state index is 0.143. The Morgan fingerprint density at radius 2 is 1.64 bits per heavy atom. The number of ether oxygens (including phenoxy) is 1. The van der Waals surface area contributed by atoms with E-state index in [4.69, 9.17) is 10.5 Å². The fraction of sp³-hybridized carbons (Fsp3) is 0.739. The van der Waals surface area contributed by atoms with Gasteiger partial charge < -0.3 is 10.5 Å². The van der Waals surface area contributed by atoms with E-state index in [9.17, 15) is 0 Å². The van der Waals surface area contributed by atoms with Crippen molar-refractivity contribution < 1.29 is 4.74 Å². The van der Waals surface area contributed by atoms with Crippen molar-refractivity contribution in [3.63, 3.8) is 0 Å². The lowest BCUT2D eigenvalue weighted by Gasteiger charge is -2.39. The third-order valence-corrected chi connectivity index (χ3v) is 6.31. The van der Waals surface area contributed by atoms with Crippen LogP contribution in [0.2, 0.25) is 0 Å². The summed E-state index contributed by atoms with van der Waals surface area (Å²) in [5.41, 5.74) is 9.53. The Bertz CT molecular complexity index is 556. The largest absolute Gasteiger partial charge is 0.496 e. The number of hydrogen-bond donors (Lipinski definition) is 1. The molecule has 0 saturated heterocycles. The zero-order valence-corrected chi connectivity index (χ0v) is 17.5. The molecule has 2 N–H and O–H groups in total. The van der Waals surface area contributed by atoms with Gasteiger partial charge in [0.25, 0.3) is 0 Å². The van der Waals surface area contributed by atoms with Gasteiger partial charge in [0, 0.05) is 5.92 Å². The highest BCUT2D eigenvalue weighted by atomic mass is 16.5. The third-order valence-electron chi connectivity index (χ3n) is 6.31. The Hall–Kier alpha value is -1.02. The van der Waals surface area contributed by atoms with Crippen LogP contribution in [0.15, 0.2) is 18.2 Å². The predicted molar refractivity (Wildman–Crippen MR) is 108 cm³/mol. The van der Waals surface area contributed by atoms with Crippen LogP contribution >= 0.6 is 0 Å². The van der Waals surface area contributed by atoms with E-state index in [1.54, 1.807) is 7.11 Å². The Morgan fingerprint density at radius 3 is 2.08 bits per heavy atom. The standard InChI is InChI=1S/C23H39NO/c1-22(2,3)17-10-8-16(9-11-17)20(15-24)19-14-18(23(4,5)6)12-13-21(19)25-7/h12-14,16-17,20H,8-11,15,24H2,1-7H3. The van der Waals surface area contributed by atoms with Crippen molar-refractivity contribution in [2.75, 3.05) is 13.7 Å². The monoisotopic (exact) mass is 345 g/mol. The Kier molecular flexibility index (Phi) is 6.25. The van der Waals surface area contributed by atoms with E-state index in [1.807, 2.05) is 0 Å². The van der Waals surface area contributed by atoms with Crippen molar-refractivity contribution >= 4 is 0 Å². The Labute approximate surface area is 155 Å². The van der Waals surface area contributed by atoms with Crippen LogP contribution in [0, 0.1) is 17.3 Å². The van der Waals surface area contributed by atoms with Crippen LogP contribution in [-0.4, -0.2) is 13.7 Å². The van der Waals surface area contributed by atoms with Crippen molar-refractivity contribution in [2.24, 2.45) is 23.0 Å². The highest BCUT2D eigenvalue weighted by molar-refractivity contribution is 5.42. The lowest BCUT2D eigenvalue weighted by Crippen LogP contribution is -2.30. The first-order chi connectivity index (χ1) is 11.6. The Balaban J connectivity index is 2.26. The smallest absolute Gasteiger partial charge is 0.122 e. The first-order valence-electron chi connectivity index (χ1n) is 9.96. The summed E-state index contributed by atoms with van der Waals surface area (Å²) < 4.78 is 5.71. The minimum atomic E-state index is 0.143. The van der Waals surface area contributed by atoms with Gasteiger partial charge in [-0.2, -0.15) is 0 Å². The summed E-state index contributed by atoms with van der Waals surface area (Å²) in [5.74, 6) is 2.91.